The van der Waals surface area contributed by atoms with E-state index in [0.29, 0.717) is 22.0 Å². The summed E-state index contributed by atoms with van der Waals surface area (Å²) < 4.78 is 4.79. The predicted molar refractivity (Wildman–Crippen MR) is 81.3 cm³/mol. The molecule has 0 fully saturated rings. The molecule has 1 aromatic heterocycles. The zero-order valence-corrected chi connectivity index (χ0v) is 12.5. The van der Waals surface area contributed by atoms with E-state index in [1.54, 1.807) is 24.3 Å². The Morgan fingerprint density at radius 3 is 2.73 bits per heavy atom. The number of nitrogens with zero attached hydrogens (tertiary/aromatic N) is 1. The highest BCUT2D eigenvalue weighted by Gasteiger charge is 2.17. The van der Waals surface area contributed by atoms with Crippen molar-refractivity contribution >= 4 is 45.5 Å². The fourth-order valence-electron chi connectivity index (χ4n) is 1.50. The maximum absolute atomic E-state index is 11.7. The number of esters is 1. The van der Waals surface area contributed by atoms with Crippen LogP contribution in [-0.2, 0) is 9.53 Å². The van der Waals surface area contributed by atoms with Crippen molar-refractivity contribution in [1.29, 1.82) is 0 Å². The summed E-state index contributed by atoms with van der Waals surface area (Å²) in [5, 5.41) is 13.3. The zero-order chi connectivity index (χ0) is 16.1. The smallest absolute Gasteiger partial charge is 0.349 e. The molecule has 0 saturated heterocycles. The Labute approximate surface area is 133 Å². The monoisotopic (exact) mass is 340 g/mol. The first-order valence-electron chi connectivity index (χ1n) is 5.92. The largest absolute Gasteiger partial charge is 0.451 e. The molecule has 0 aliphatic carbocycles. The van der Waals surface area contributed by atoms with Crippen LogP contribution in [0.4, 0.5) is 10.7 Å². The lowest BCUT2D eigenvalue weighted by Gasteiger charge is -2.06. The summed E-state index contributed by atoms with van der Waals surface area (Å²) in [6.45, 7) is -0.503. The number of nitrogens with one attached hydrogen (secondary N) is 1. The highest BCUT2D eigenvalue weighted by molar-refractivity contribution is 7.17. The van der Waals surface area contributed by atoms with Gasteiger partial charge in [-0.2, -0.15) is 0 Å². The van der Waals surface area contributed by atoms with Crippen LogP contribution >= 0.6 is 22.9 Å². The van der Waals surface area contributed by atoms with Gasteiger partial charge in [0.1, 0.15) is 4.88 Å². The number of ether oxygens (including phenoxy) is 1. The number of amides is 1. The van der Waals surface area contributed by atoms with Gasteiger partial charge in [-0.25, -0.2) is 4.79 Å². The quantitative estimate of drug-likeness (QED) is 0.512. The summed E-state index contributed by atoms with van der Waals surface area (Å²) in [5.74, 6) is -1.33. The summed E-state index contributed by atoms with van der Waals surface area (Å²) in [6.07, 6.45) is 0. The number of benzene rings is 1. The summed E-state index contributed by atoms with van der Waals surface area (Å²) in [4.78, 5) is 33.3. The molecule has 0 aliphatic heterocycles. The van der Waals surface area contributed by atoms with E-state index in [9.17, 15) is 19.7 Å². The molecule has 0 saturated carbocycles. The third-order valence-electron chi connectivity index (χ3n) is 2.42. The van der Waals surface area contributed by atoms with Crippen LogP contribution in [0.15, 0.2) is 36.4 Å². The third kappa shape index (κ3) is 4.27. The van der Waals surface area contributed by atoms with Crippen LogP contribution in [0.1, 0.15) is 9.67 Å². The number of carbonyl (C=O) groups is 2. The number of anilines is 1. The van der Waals surface area contributed by atoms with Gasteiger partial charge in [-0.3, -0.25) is 14.9 Å². The van der Waals surface area contributed by atoms with E-state index in [1.807, 2.05) is 0 Å². The average molecular weight is 341 g/mol. The molecular formula is C13H9ClN2O5S. The van der Waals surface area contributed by atoms with Crippen LogP contribution in [0.25, 0.3) is 0 Å². The maximum Gasteiger partial charge on any atom is 0.349 e. The van der Waals surface area contributed by atoms with Crippen molar-refractivity contribution in [2.45, 2.75) is 0 Å². The predicted octanol–water partition coefficient (Wildman–Crippen LogP) is 3.11. The van der Waals surface area contributed by atoms with Crippen LogP contribution in [0, 0.1) is 10.1 Å². The lowest BCUT2D eigenvalue weighted by molar-refractivity contribution is -0.380. The molecule has 1 aromatic carbocycles. The minimum absolute atomic E-state index is 0.0576. The van der Waals surface area contributed by atoms with Crippen LogP contribution in [0.5, 0.6) is 0 Å². The number of hydrogen-bond acceptors (Lipinski definition) is 6. The third-order valence-corrected chi connectivity index (χ3v) is 3.67. The Morgan fingerprint density at radius 2 is 2.09 bits per heavy atom. The van der Waals surface area contributed by atoms with Gasteiger partial charge in [0.25, 0.3) is 5.91 Å². The summed E-state index contributed by atoms with van der Waals surface area (Å²) >= 11 is 6.46. The van der Waals surface area contributed by atoms with Gasteiger partial charge in [0.15, 0.2) is 6.61 Å². The van der Waals surface area contributed by atoms with E-state index in [0.717, 1.165) is 0 Å². The second-order valence-electron chi connectivity index (χ2n) is 4.03. The molecule has 7 nitrogen and oxygen atoms in total. The molecule has 0 radical (unpaired) electrons. The van der Waals surface area contributed by atoms with E-state index in [2.05, 4.69) is 5.32 Å². The van der Waals surface area contributed by atoms with Gasteiger partial charge in [0, 0.05) is 16.8 Å². The van der Waals surface area contributed by atoms with E-state index in [-0.39, 0.29) is 9.88 Å². The molecule has 0 spiro atoms. The van der Waals surface area contributed by atoms with Crippen molar-refractivity contribution in [2.75, 3.05) is 11.9 Å². The van der Waals surface area contributed by atoms with E-state index < -0.39 is 23.4 Å². The number of hydrogen-bond donors (Lipinski definition) is 1. The van der Waals surface area contributed by atoms with Gasteiger partial charge in [0.05, 0.1) is 4.92 Å². The lowest BCUT2D eigenvalue weighted by atomic mass is 10.3. The Hall–Kier alpha value is -2.45. The van der Waals surface area contributed by atoms with Gasteiger partial charge in [-0.15, -0.1) is 0 Å². The Morgan fingerprint density at radius 1 is 1.32 bits per heavy atom. The fraction of sp³-hybridized carbons (Fsp3) is 0.0769. The molecule has 2 rings (SSSR count). The zero-order valence-electron chi connectivity index (χ0n) is 10.9. The first-order chi connectivity index (χ1) is 10.5. The summed E-state index contributed by atoms with van der Waals surface area (Å²) in [6, 6.07) is 8.97. The molecule has 1 amide bonds. The summed E-state index contributed by atoms with van der Waals surface area (Å²) in [7, 11) is 0. The molecule has 2 aromatic rings. The van der Waals surface area contributed by atoms with E-state index >= 15 is 0 Å². The normalized spacial score (nSPS) is 10.0. The molecule has 0 aliphatic rings. The highest BCUT2D eigenvalue weighted by Crippen LogP contribution is 2.24. The van der Waals surface area contributed by atoms with Gasteiger partial charge >= 0.3 is 11.0 Å². The van der Waals surface area contributed by atoms with Gasteiger partial charge < -0.3 is 10.1 Å². The molecular weight excluding hydrogens is 332 g/mol. The summed E-state index contributed by atoms with van der Waals surface area (Å²) in [5.41, 5.74) is 0.473. The SMILES string of the molecule is O=C(COC(=O)c1ccc([N+](=O)[O-])s1)Nc1cccc(Cl)c1. The molecule has 0 bridgehead atoms. The fourth-order valence-corrected chi connectivity index (χ4v) is 2.41. The Balaban J connectivity index is 1.87. The first-order valence-corrected chi connectivity index (χ1v) is 7.12. The molecule has 0 atom stereocenters. The van der Waals surface area contributed by atoms with Crippen LogP contribution < -0.4 is 5.32 Å². The van der Waals surface area contributed by atoms with E-state index in [4.69, 9.17) is 16.3 Å². The van der Waals surface area contributed by atoms with Crippen LogP contribution in [0.3, 0.4) is 0 Å². The van der Waals surface area contributed by atoms with Crippen LogP contribution in [0.2, 0.25) is 5.02 Å². The molecule has 114 valence electrons. The molecule has 1 heterocycles. The maximum atomic E-state index is 11.7. The van der Waals surface area contributed by atoms with Crippen LogP contribution in [-0.4, -0.2) is 23.4 Å². The standard InChI is InChI=1S/C13H9ClN2O5S/c14-8-2-1-3-9(6-8)15-11(17)7-21-13(18)10-4-5-12(22-10)16(19)20/h1-6H,7H2,(H,15,17). The highest BCUT2D eigenvalue weighted by atomic mass is 35.5. The van der Waals surface area contributed by atoms with Crippen molar-refractivity contribution in [2.24, 2.45) is 0 Å². The Kier molecular flexibility index (Phi) is 5.08. The van der Waals surface area contributed by atoms with Crippen molar-refractivity contribution in [3.8, 4) is 0 Å². The first kappa shape index (κ1) is 15.9. The van der Waals surface area contributed by atoms with Crippen molar-refractivity contribution in [1.82, 2.24) is 0 Å². The van der Waals surface area contributed by atoms with Gasteiger partial charge in [-0.1, -0.05) is 29.0 Å². The van der Waals surface area contributed by atoms with Crippen molar-refractivity contribution in [3.63, 3.8) is 0 Å². The number of rotatable bonds is 5. The minimum Gasteiger partial charge on any atom is -0.451 e. The number of nitro groups is 1. The molecule has 9 heteroatoms. The van der Waals surface area contributed by atoms with Gasteiger partial charge in [0.2, 0.25) is 0 Å². The molecule has 1 N–H and O–H groups in total. The number of thiophene rings is 1. The minimum atomic E-state index is -0.792. The second-order valence-corrected chi connectivity index (χ2v) is 5.53. The molecule has 22 heavy (non-hydrogen) atoms. The van der Waals surface area contributed by atoms with Crippen molar-refractivity contribution < 1.29 is 19.2 Å². The number of halogens is 1. The second kappa shape index (κ2) is 7.01. The lowest BCUT2D eigenvalue weighted by Crippen LogP contribution is -2.20. The van der Waals surface area contributed by atoms with E-state index in [1.165, 1.54) is 12.1 Å². The van der Waals surface area contributed by atoms with Gasteiger partial charge in [-0.05, 0) is 24.3 Å². The average Bonchev–Trinajstić information content (AvgIpc) is 2.95. The Bertz CT molecular complexity index is 731. The topological polar surface area (TPSA) is 98.5 Å². The molecule has 0 unspecified atom stereocenters. The number of carbonyl (C=O) groups excluding carboxylic acids is 2. The van der Waals surface area contributed by atoms with Crippen molar-refractivity contribution in [3.05, 3.63) is 56.4 Å².